The van der Waals surface area contributed by atoms with Crippen LogP contribution in [-0.4, -0.2) is 109 Å². The van der Waals surface area contributed by atoms with E-state index in [0.29, 0.717) is 54.7 Å². The molecule has 314 valence electrons. The fraction of sp³-hybridized carbons (Fsp3) is 0.366. The van der Waals surface area contributed by atoms with Crippen molar-refractivity contribution in [3.63, 3.8) is 0 Å². The predicted octanol–water partition coefficient (Wildman–Crippen LogP) is 7.90. The molecule has 1 saturated heterocycles. The number of thiophene rings is 1. The van der Waals surface area contributed by atoms with Gasteiger partial charge in [0.1, 0.15) is 48.2 Å². The zero-order valence-corrected chi connectivity index (χ0v) is 34.5. The Kier molecular flexibility index (Phi) is 13.3. The molecule has 0 saturated carbocycles. The lowest BCUT2D eigenvalue weighted by atomic mass is 9.76. The Labute approximate surface area is 353 Å². The van der Waals surface area contributed by atoms with E-state index in [1.54, 1.807) is 37.3 Å². The molecule has 5 heterocycles. The molecule has 2 atom stereocenters. The summed E-state index contributed by atoms with van der Waals surface area (Å²) in [4.78, 5) is 28.2. The summed E-state index contributed by atoms with van der Waals surface area (Å²) in [5, 5.41) is 4.50. The molecule has 60 heavy (non-hydrogen) atoms. The van der Waals surface area contributed by atoms with Crippen molar-refractivity contribution in [1.82, 2.24) is 29.5 Å². The molecule has 0 bridgehead atoms. The molecule has 7 rings (SSSR count). The number of piperazine rings is 1. The highest BCUT2D eigenvalue weighted by Crippen LogP contribution is 2.50. The maximum atomic E-state index is 14.4. The van der Waals surface area contributed by atoms with Gasteiger partial charge in [-0.15, -0.1) is 11.3 Å². The molecule has 1 aliphatic rings. The van der Waals surface area contributed by atoms with Crippen molar-refractivity contribution < 1.29 is 45.7 Å². The molecule has 2 unspecified atom stereocenters. The Morgan fingerprint density at radius 2 is 1.82 bits per heavy atom. The third kappa shape index (κ3) is 9.72. The Morgan fingerprint density at radius 1 is 1.03 bits per heavy atom. The number of carbonyl (C=O) groups excluding carboxylic acids is 1. The lowest BCUT2D eigenvalue weighted by molar-refractivity contribution is -0.151. The van der Waals surface area contributed by atoms with Gasteiger partial charge in [-0.05, 0) is 67.7 Å². The number of ether oxygens (including phenoxy) is 4. The van der Waals surface area contributed by atoms with Crippen LogP contribution in [0.4, 0.5) is 17.6 Å². The number of carbonyl (C=O) groups is 1. The maximum Gasteiger partial charge on any atom is 0.408 e. The Balaban J connectivity index is 1.23. The monoisotopic (exact) mass is 866 g/mol. The number of rotatable bonds is 16. The summed E-state index contributed by atoms with van der Waals surface area (Å²) in [7, 11) is 8.92. The molecule has 2 aromatic carbocycles. The van der Waals surface area contributed by atoms with Crippen molar-refractivity contribution in [2.75, 3.05) is 53.0 Å². The lowest BCUT2D eigenvalue weighted by Crippen LogP contribution is -2.45. The van der Waals surface area contributed by atoms with E-state index in [0.717, 1.165) is 37.4 Å². The first-order valence-corrected chi connectivity index (χ1v) is 20.2. The summed E-state index contributed by atoms with van der Waals surface area (Å²) in [6.07, 6.45) is -3.52. The van der Waals surface area contributed by atoms with E-state index in [1.807, 2.05) is 13.0 Å². The Bertz CT molecular complexity index is 2440. The van der Waals surface area contributed by atoms with Crippen LogP contribution >= 0.6 is 22.9 Å². The first-order chi connectivity index (χ1) is 28.8. The number of fused-ring (bicyclic) bond motifs is 1. The summed E-state index contributed by atoms with van der Waals surface area (Å²) in [5.41, 5.74) is 2.21. The van der Waals surface area contributed by atoms with E-state index in [-0.39, 0.29) is 36.3 Å². The summed E-state index contributed by atoms with van der Waals surface area (Å²) >= 11 is 8.19. The predicted molar refractivity (Wildman–Crippen MR) is 218 cm³/mol. The maximum absolute atomic E-state index is 14.4. The van der Waals surface area contributed by atoms with Gasteiger partial charge in [0, 0.05) is 50.6 Å². The van der Waals surface area contributed by atoms with Gasteiger partial charge >= 0.3 is 12.1 Å². The van der Waals surface area contributed by atoms with E-state index in [4.69, 9.17) is 42.8 Å². The molecular weight excluding hydrogens is 827 g/mol. The number of halogens is 5. The molecule has 4 aromatic heterocycles. The van der Waals surface area contributed by atoms with Crippen molar-refractivity contribution in [3.8, 4) is 39.1 Å². The van der Waals surface area contributed by atoms with Gasteiger partial charge in [-0.25, -0.2) is 14.8 Å². The summed E-state index contributed by atoms with van der Waals surface area (Å²) in [6.45, 7) is 6.90. The van der Waals surface area contributed by atoms with Crippen LogP contribution in [0.1, 0.15) is 29.6 Å². The highest BCUT2D eigenvalue weighted by molar-refractivity contribution is 7.22. The van der Waals surface area contributed by atoms with E-state index < -0.39 is 36.6 Å². The van der Waals surface area contributed by atoms with Crippen LogP contribution in [0.2, 0.25) is 5.02 Å². The molecule has 0 spiro atoms. The third-order valence-electron chi connectivity index (χ3n) is 10.0. The second-order valence-corrected chi connectivity index (χ2v) is 15.4. The van der Waals surface area contributed by atoms with Crippen LogP contribution in [0.5, 0.6) is 17.4 Å². The first-order valence-electron chi connectivity index (χ1n) is 19.1. The molecule has 0 amide bonds. The number of alkyl halides is 3. The minimum absolute atomic E-state index is 0.00860. The molecule has 19 heteroatoms. The zero-order valence-electron chi connectivity index (χ0n) is 32.9. The largest absolute Gasteiger partial charge is 0.491 e. The fourth-order valence-electron chi connectivity index (χ4n) is 6.87. The minimum Gasteiger partial charge on any atom is -0.491 e. The van der Waals surface area contributed by atoms with Gasteiger partial charge in [0.15, 0.2) is 6.10 Å². The summed E-state index contributed by atoms with van der Waals surface area (Å²) in [6, 6.07) is 13.4. The molecule has 2 radical (unpaired) electrons. The van der Waals surface area contributed by atoms with Crippen LogP contribution < -0.4 is 14.2 Å². The van der Waals surface area contributed by atoms with Gasteiger partial charge in [-0.1, -0.05) is 35.9 Å². The van der Waals surface area contributed by atoms with Gasteiger partial charge in [0.2, 0.25) is 5.88 Å². The molecule has 0 N–H and O–H groups in total. The van der Waals surface area contributed by atoms with Gasteiger partial charge in [0.25, 0.3) is 6.01 Å². The SMILES string of the molecule is [B]C(c1ccccc1OCc1ccnn1CC(F)(F)F)C(Oc1ncnc2sc(-c3ccc(F)o3)c(-c3ccc(OCCN4CCN(C)CC4)c(Cl)c3C)c12)C(=O)OCC. The minimum atomic E-state index is -4.50. The summed E-state index contributed by atoms with van der Waals surface area (Å²) < 4.78 is 84.3. The van der Waals surface area contributed by atoms with Crippen LogP contribution in [-0.2, 0) is 22.7 Å². The van der Waals surface area contributed by atoms with E-state index >= 15 is 0 Å². The smallest absolute Gasteiger partial charge is 0.408 e. The second kappa shape index (κ2) is 18.6. The number of para-hydroxylation sites is 1. The number of nitrogens with zero attached hydrogens (tertiary/aromatic N) is 6. The Morgan fingerprint density at radius 3 is 2.55 bits per heavy atom. The highest BCUT2D eigenvalue weighted by atomic mass is 35.5. The van der Waals surface area contributed by atoms with Crippen molar-refractivity contribution in [1.29, 1.82) is 0 Å². The average Bonchev–Trinajstić information content (AvgIpc) is 3.96. The number of furan rings is 1. The normalized spacial score (nSPS) is 14.9. The van der Waals surface area contributed by atoms with E-state index in [2.05, 4.69) is 31.9 Å². The molecule has 6 aromatic rings. The van der Waals surface area contributed by atoms with Crippen LogP contribution in [0.15, 0.2) is 71.5 Å². The average molecular weight is 867 g/mol. The lowest BCUT2D eigenvalue weighted by Gasteiger charge is -2.32. The van der Waals surface area contributed by atoms with Gasteiger partial charge in [-0.2, -0.15) is 22.7 Å². The van der Waals surface area contributed by atoms with Crippen molar-refractivity contribution in [2.24, 2.45) is 0 Å². The first kappa shape index (κ1) is 42.9. The second-order valence-electron chi connectivity index (χ2n) is 14.1. The highest BCUT2D eigenvalue weighted by Gasteiger charge is 2.34. The summed E-state index contributed by atoms with van der Waals surface area (Å²) in [5.74, 6) is -1.23. The fourth-order valence-corrected chi connectivity index (χ4v) is 8.20. The number of hydrogen-bond donors (Lipinski definition) is 0. The Hall–Kier alpha value is -5.17. The topological polar surface area (TPSA) is 117 Å². The van der Waals surface area contributed by atoms with Crippen molar-refractivity contribution in [3.05, 3.63) is 95.0 Å². The zero-order chi connectivity index (χ0) is 42.6. The number of esters is 1. The quantitative estimate of drug-likeness (QED) is 0.0537. The standard InChI is InChI=1S/C41H40BClF4N6O6S/c1-4-55-40(54)36(34(42)27-7-5-6-8-28(27)57-21-25-13-14-50-53(25)22-41(45,46)47)59-38-33-32(37(30-11-12-31(44)58-30)60-39(33)49-23-48-38)26-9-10-29(35(43)24(26)2)56-20-19-52-17-15-51(3)16-18-52/h5-14,23,34,36H,4,15-22H2,1-3H3. The molecule has 1 aliphatic heterocycles. The number of benzene rings is 2. The van der Waals surface area contributed by atoms with Gasteiger partial charge < -0.3 is 28.3 Å². The molecule has 1 fully saturated rings. The number of hydrogen-bond acceptors (Lipinski definition) is 12. The number of aromatic nitrogens is 4. The van der Waals surface area contributed by atoms with Crippen LogP contribution in [0.3, 0.4) is 0 Å². The van der Waals surface area contributed by atoms with E-state index in [9.17, 15) is 22.4 Å². The van der Waals surface area contributed by atoms with Crippen molar-refractivity contribution >= 4 is 47.0 Å². The van der Waals surface area contributed by atoms with Crippen molar-refractivity contribution in [2.45, 2.75) is 45.1 Å². The molecular formula is C41H40BClF4N6O6S. The number of likely N-dealkylation sites (N-methyl/N-ethyl adjacent to an activating group) is 1. The molecule has 0 aliphatic carbocycles. The van der Waals surface area contributed by atoms with E-state index in [1.165, 1.54) is 42.1 Å². The van der Waals surface area contributed by atoms with Gasteiger partial charge in [-0.3, -0.25) is 9.58 Å². The van der Waals surface area contributed by atoms with Crippen LogP contribution in [0, 0.1) is 12.9 Å². The van der Waals surface area contributed by atoms with Crippen LogP contribution in [0.25, 0.3) is 32.0 Å². The molecule has 12 nitrogen and oxygen atoms in total. The third-order valence-corrected chi connectivity index (χ3v) is 11.6. The van der Waals surface area contributed by atoms with Gasteiger partial charge in [0.05, 0.1) is 35.4 Å².